The van der Waals surface area contributed by atoms with E-state index in [4.69, 9.17) is 4.74 Å². The summed E-state index contributed by atoms with van der Waals surface area (Å²) in [6, 6.07) is 3.42. The molecule has 0 N–H and O–H groups in total. The minimum atomic E-state index is -3.43. The zero-order chi connectivity index (χ0) is 23.4. The molecule has 5 rings (SSSR count). The second-order valence-electron chi connectivity index (χ2n) is 8.93. The van der Waals surface area contributed by atoms with Crippen molar-refractivity contribution in [3.8, 4) is 5.75 Å². The Bertz CT molecular complexity index is 1310. The van der Waals surface area contributed by atoms with Crippen LogP contribution in [0.1, 0.15) is 35.3 Å². The van der Waals surface area contributed by atoms with Gasteiger partial charge >= 0.3 is 0 Å². The molecule has 0 radical (unpaired) electrons. The topological polar surface area (TPSA) is 97.6 Å². The van der Waals surface area contributed by atoms with E-state index in [2.05, 4.69) is 10.1 Å². The fourth-order valence-corrected chi connectivity index (χ4v) is 7.75. The maximum absolute atomic E-state index is 13.5. The third-order valence-electron chi connectivity index (χ3n) is 7.01. The van der Waals surface area contributed by atoms with Crippen molar-refractivity contribution >= 4 is 38.3 Å². The molecule has 3 aromatic heterocycles. The number of piperidine rings is 1. The molecule has 2 fully saturated rings. The predicted molar refractivity (Wildman–Crippen MR) is 125 cm³/mol. The van der Waals surface area contributed by atoms with Gasteiger partial charge in [0.15, 0.2) is 5.65 Å². The van der Waals surface area contributed by atoms with Crippen LogP contribution in [0.2, 0.25) is 0 Å². The number of carbonyl (C=O) groups is 1. The second kappa shape index (κ2) is 8.07. The number of hydrogen-bond donors (Lipinski definition) is 0. The van der Waals surface area contributed by atoms with Crippen molar-refractivity contribution in [3.05, 3.63) is 35.0 Å². The fourth-order valence-electron chi connectivity index (χ4n) is 5.17. The Balaban J connectivity index is 1.33. The molecule has 3 aromatic rings. The van der Waals surface area contributed by atoms with Gasteiger partial charge in [-0.25, -0.2) is 13.4 Å². The Labute approximate surface area is 197 Å². The zero-order valence-electron chi connectivity index (χ0n) is 18.9. The second-order valence-corrected chi connectivity index (χ2v) is 12.0. The lowest BCUT2D eigenvalue weighted by molar-refractivity contribution is 0.0747. The lowest BCUT2D eigenvalue weighted by Gasteiger charge is -2.38. The summed E-state index contributed by atoms with van der Waals surface area (Å²) in [7, 11) is -0.0504. The first-order valence-corrected chi connectivity index (χ1v) is 13.3. The number of pyridine rings is 1. The maximum Gasteiger partial charge on any atom is 0.259 e. The first kappa shape index (κ1) is 22.3. The van der Waals surface area contributed by atoms with Crippen LogP contribution in [0.15, 0.2) is 27.9 Å². The Hall–Kier alpha value is -2.50. The molecule has 9 nitrogen and oxygen atoms in total. The number of methoxy groups -OCH3 is 1. The molecular formula is C22H27N5O4S2. The molecule has 0 atom stereocenters. The molecule has 0 saturated carbocycles. The minimum Gasteiger partial charge on any atom is -0.495 e. The van der Waals surface area contributed by atoms with Crippen LogP contribution in [0.5, 0.6) is 5.75 Å². The van der Waals surface area contributed by atoms with E-state index >= 15 is 0 Å². The van der Waals surface area contributed by atoms with Crippen LogP contribution in [0.25, 0.3) is 11.0 Å². The lowest BCUT2D eigenvalue weighted by Crippen LogP contribution is -2.44. The summed E-state index contributed by atoms with van der Waals surface area (Å²) < 4.78 is 35.0. The molecule has 1 spiro atoms. The monoisotopic (exact) mass is 489 g/mol. The van der Waals surface area contributed by atoms with Gasteiger partial charge in [0.1, 0.15) is 15.5 Å². The van der Waals surface area contributed by atoms with Crippen molar-refractivity contribution in [1.82, 2.24) is 24.0 Å². The number of fused-ring (bicyclic) bond motifs is 1. The maximum atomic E-state index is 13.5. The third-order valence-corrected chi connectivity index (χ3v) is 10.3. The number of likely N-dealkylation sites (tertiary alicyclic amines) is 1. The molecule has 33 heavy (non-hydrogen) atoms. The first-order valence-electron chi connectivity index (χ1n) is 10.9. The molecular weight excluding hydrogens is 462 g/mol. The van der Waals surface area contributed by atoms with Gasteiger partial charge in [0.05, 0.1) is 18.2 Å². The number of nitrogens with zero attached hydrogens (tertiary/aromatic N) is 5. The Morgan fingerprint density at radius 1 is 1.21 bits per heavy atom. The zero-order valence-corrected chi connectivity index (χ0v) is 20.6. The van der Waals surface area contributed by atoms with E-state index in [0.29, 0.717) is 47.3 Å². The standard InChI is InChI=1S/C22H27N5O4S2/c1-15-18-19(31-3)16(13-23-20(18)25(2)24-15)21(28)26-9-6-22(14-26)7-10-27(11-8-22)33(29,30)17-5-4-12-32-17/h4-5,12-13H,6-11,14H2,1-3H3. The molecule has 0 aliphatic carbocycles. The Morgan fingerprint density at radius 2 is 1.94 bits per heavy atom. The van der Waals surface area contributed by atoms with Gasteiger partial charge in [0.25, 0.3) is 15.9 Å². The van der Waals surface area contributed by atoms with Gasteiger partial charge in [-0.1, -0.05) is 6.07 Å². The highest BCUT2D eigenvalue weighted by atomic mass is 32.2. The summed E-state index contributed by atoms with van der Waals surface area (Å²) in [5, 5.41) is 6.95. The van der Waals surface area contributed by atoms with Gasteiger partial charge in [-0.2, -0.15) is 9.40 Å². The number of carbonyl (C=O) groups excluding carboxylic acids is 1. The van der Waals surface area contributed by atoms with Gasteiger partial charge in [-0.3, -0.25) is 9.48 Å². The van der Waals surface area contributed by atoms with Crippen LogP contribution in [-0.4, -0.2) is 71.6 Å². The quantitative estimate of drug-likeness (QED) is 0.559. The number of rotatable bonds is 4. The molecule has 11 heteroatoms. The first-order chi connectivity index (χ1) is 15.8. The normalized spacial score (nSPS) is 18.9. The molecule has 2 aliphatic heterocycles. The van der Waals surface area contributed by atoms with Crippen molar-refractivity contribution in [2.24, 2.45) is 12.5 Å². The van der Waals surface area contributed by atoms with E-state index in [1.807, 2.05) is 18.9 Å². The van der Waals surface area contributed by atoms with Gasteiger partial charge in [-0.05, 0) is 43.0 Å². The SMILES string of the molecule is COc1c(C(=O)N2CCC3(CCN(S(=O)(=O)c4cccs4)CC3)C2)cnc2c1c(C)nn2C. The van der Waals surface area contributed by atoms with Crippen LogP contribution in [-0.2, 0) is 17.1 Å². The minimum absolute atomic E-state index is 0.0495. The third kappa shape index (κ3) is 3.62. The van der Waals surface area contributed by atoms with Crippen LogP contribution >= 0.6 is 11.3 Å². The summed E-state index contributed by atoms with van der Waals surface area (Å²) in [4.78, 5) is 19.8. The molecule has 0 bridgehead atoms. The molecule has 1 amide bonds. The van der Waals surface area contributed by atoms with Crippen LogP contribution in [0, 0.1) is 12.3 Å². The number of aromatic nitrogens is 3. The van der Waals surface area contributed by atoms with Crippen molar-refractivity contribution < 1.29 is 17.9 Å². The van der Waals surface area contributed by atoms with E-state index < -0.39 is 10.0 Å². The molecule has 0 aromatic carbocycles. The largest absolute Gasteiger partial charge is 0.495 e. The van der Waals surface area contributed by atoms with Crippen molar-refractivity contribution in [2.75, 3.05) is 33.3 Å². The van der Waals surface area contributed by atoms with Crippen LogP contribution in [0.3, 0.4) is 0 Å². The number of amides is 1. The van der Waals surface area contributed by atoms with Crippen LogP contribution < -0.4 is 4.74 Å². The van der Waals surface area contributed by atoms with Gasteiger partial charge in [0, 0.05) is 39.4 Å². The van der Waals surface area contributed by atoms with Crippen molar-refractivity contribution in [3.63, 3.8) is 0 Å². The van der Waals surface area contributed by atoms with Crippen molar-refractivity contribution in [2.45, 2.75) is 30.4 Å². The van der Waals surface area contributed by atoms with E-state index in [1.54, 1.807) is 39.8 Å². The summed E-state index contributed by atoms with van der Waals surface area (Å²) in [6.45, 7) is 4.10. The number of ether oxygens (including phenoxy) is 1. The highest BCUT2D eigenvalue weighted by Crippen LogP contribution is 2.43. The highest BCUT2D eigenvalue weighted by Gasteiger charge is 2.44. The Morgan fingerprint density at radius 3 is 2.61 bits per heavy atom. The van der Waals surface area contributed by atoms with Gasteiger partial charge < -0.3 is 9.64 Å². The summed E-state index contributed by atoms with van der Waals surface area (Å²) in [6.07, 6.45) is 3.94. The van der Waals surface area contributed by atoms with Crippen LogP contribution in [0.4, 0.5) is 0 Å². The summed E-state index contributed by atoms with van der Waals surface area (Å²) in [5.41, 5.74) is 1.84. The number of aryl methyl sites for hydroxylation is 2. The fraction of sp³-hybridized carbons (Fsp3) is 0.500. The summed E-state index contributed by atoms with van der Waals surface area (Å²) in [5.74, 6) is 0.406. The molecule has 0 unspecified atom stereocenters. The predicted octanol–water partition coefficient (Wildman–Crippen LogP) is 2.66. The molecule has 2 saturated heterocycles. The average molecular weight is 490 g/mol. The molecule has 5 heterocycles. The molecule has 176 valence electrons. The van der Waals surface area contributed by atoms with Gasteiger partial charge in [-0.15, -0.1) is 11.3 Å². The van der Waals surface area contributed by atoms with E-state index in [-0.39, 0.29) is 11.3 Å². The Kier molecular flexibility index (Phi) is 5.45. The molecule has 2 aliphatic rings. The number of sulfonamides is 1. The number of thiophene rings is 1. The van der Waals surface area contributed by atoms with E-state index in [1.165, 1.54) is 11.3 Å². The summed E-state index contributed by atoms with van der Waals surface area (Å²) >= 11 is 1.25. The van der Waals surface area contributed by atoms with Gasteiger partial charge in [0.2, 0.25) is 0 Å². The average Bonchev–Trinajstić information content (AvgIpc) is 3.54. The van der Waals surface area contributed by atoms with E-state index in [0.717, 1.165) is 30.3 Å². The smallest absolute Gasteiger partial charge is 0.259 e. The van der Waals surface area contributed by atoms with E-state index in [9.17, 15) is 13.2 Å². The number of hydrogen-bond acceptors (Lipinski definition) is 7. The highest BCUT2D eigenvalue weighted by molar-refractivity contribution is 7.91. The van der Waals surface area contributed by atoms with Crippen molar-refractivity contribution in [1.29, 1.82) is 0 Å². The lowest BCUT2D eigenvalue weighted by atomic mass is 9.78.